The number of H-pyrrole nitrogens is 1. The highest BCUT2D eigenvalue weighted by atomic mass is 16.1. The van der Waals surface area contributed by atoms with Gasteiger partial charge in [0, 0.05) is 56.5 Å². The van der Waals surface area contributed by atoms with Crippen LogP contribution in [0.3, 0.4) is 0 Å². The summed E-state index contributed by atoms with van der Waals surface area (Å²) in [7, 11) is 0. The van der Waals surface area contributed by atoms with E-state index in [9.17, 15) is 4.79 Å². The summed E-state index contributed by atoms with van der Waals surface area (Å²) in [6.07, 6.45) is 10.1. The number of benzene rings is 1. The minimum Gasteiger partial charge on any atom is -0.398 e. The smallest absolute Gasteiger partial charge is 0.269 e. The summed E-state index contributed by atoms with van der Waals surface area (Å²) in [6, 6.07) is 7.66. The van der Waals surface area contributed by atoms with Crippen molar-refractivity contribution in [3.63, 3.8) is 0 Å². The lowest BCUT2D eigenvalue weighted by Gasteiger charge is -2.24. The molecule has 0 radical (unpaired) electrons. The lowest BCUT2D eigenvalue weighted by atomic mass is 10.0. The average molecular weight is 537 g/mol. The van der Waals surface area contributed by atoms with Crippen LogP contribution in [0.2, 0.25) is 0 Å². The zero-order chi connectivity index (χ0) is 28.6. The number of carbonyl (C=O) groups is 1. The molecule has 3 heterocycles. The number of nitrogens with two attached hydrogens (primary N) is 2. The normalized spacial score (nSPS) is 18.6. The highest BCUT2D eigenvalue weighted by molar-refractivity contribution is 6.17. The third-order valence-corrected chi connectivity index (χ3v) is 7.65. The second-order valence-corrected chi connectivity index (χ2v) is 10.5. The quantitative estimate of drug-likeness (QED) is 0.192. The molecule has 3 aromatic rings. The number of anilines is 2. The van der Waals surface area contributed by atoms with Gasteiger partial charge in [-0.1, -0.05) is 18.6 Å². The first-order valence-corrected chi connectivity index (χ1v) is 13.6. The van der Waals surface area contributed by atoms with Crippen molar-refractivity contribution in [1.82, 2.24) is 15.3 Å². The van der Waals surface area contributed by atoms with Gasteiger partial charge in [-0.05, 0) is 82.1 Å². The number of aromatic nitrogens is 2. The molecule has 1 unspecified atom stereocenters. The van der Waals surface area contributed by atoms with Gasteiger partial charge >= 0.3 is 0 Å². The van der Waals surface area contributed by atoms with Gasteiger partial charge in [-0.2, -0.15) is 0 Å². The predicted octanol–water partition coefficient (Wildman–Crippen LogP) is 3.50. The molecule has 9 nitrogen and oxygen atoms in total. The van der Waals surface area contributed by atoms with Gasteiger partial charge in [0.1, 0.15) is 12.0 Å². The van der Waals surface area contributed by atoms with E-state index < -0.39 is 5.91 Å². The van der Waals surface area contributed by atoms with E-state index >= 15 is 0 Å². The van der Waals surface area contributed by atoms with Crippen LogP contribution in [0.4, 0.5) is 11.5 Å². The highest BCUT2D eigenvalue weighted by Gasteiger charge is 2.27. The third-order valence-electron chi connectivity index (χ3n) is 7.65. The summed E-state index contributed by atoms with van der Waals surface area (Å²) in [5.41, 5.74) is 18.7. The van der Waals surface area contributed by atoms with Crippen molar-refractivity contribution in [3.8, 4) is 0 Å². The molecule has 2 aromatic heterocycles. The maximum atomic E-state index is 12.9. The van der Waals surface area contributed by atoms with Gasteiger partial charge in [-0.15, -0.1) is 0 Å². The molecule has 1 saturated carbocycles. The maximum absolute atomic E-state index is 12.9. The molecule has 8 N–H and O–H groups in total. The number of allylic oxidation sites excluding steroid dienone is 2. The number of hydrogen-bond donors (Lipinski definition) is 6. The van der Waals surface area contributed by atoms with E-state index in [2.05, 4.69) is 28.6 Å². The number of aliphatic imine (C=N–C) groups is 1. The van der Waals surface area contributed by atoms with Crippen LogP contribution in [0.15, 0.2) is 53.2 Å². The van der Waals surface area contributed by atoms with E-state index in [0.717, 1.165) is 57.8 Å². The van der Waals surface area contributed by atoms with E-state index in [1.165, 1.54) is 6.21 Å². The zero-order valence-corrected chi connectivity index (χ0v) is 23.4. The zero-order valence-electron chi connectivity index (χ0n) is 23.4. The first-order chi connectivity index (χ1) is 19.2. The molecule has 40 heavy (non-hydrogen) atoms. The van der Waals surface area contributed by atoms with Gasteiger partial charge in [0.2, 0.25) is 0 Å². The molecule has 0 bridgehead atoms. The molecule has 1 aliphatic carbocycles. The summed E-state index contributed by atoms with van der Waals surface area (Å²) in [5, 5.41) is 17.0. The Kier molecular flexibility index (Phi) is 7.30. The van der Waals surface area contributed by atoms with Crippen LogP contribution >= 0.6 is 0 Å². The first kappa shape index (κ1) is 26.9. The Morgan fingerprint density at radius 2 is 2.02 bits per heavy atom. The van der Waals surface area contributed by atoms with Gasteiger partial charge in [0.25, 0.3) is 5.91 Å². The number of nitrogen functional groups attached to an aromatic ring is 1. The Hall–Kier alpha value is -4.66. The summed E-state index contributed by atoms with van der Waals surface area (Å²) in [5.74, 6) is 0.518. The van der Waals surface area contributed by atoms with Gasteiger partial charge in [-0.3, -0.25) is 4.79 Å². The number of pyridine rings is 1. The molecule has 1 amide bonds. The number of amides is 1. The number of nitrogens with zero attached hydrogens (tertiary/aromatic N) is 2. The minimum absolute atomic E-state index is 0.109. The summed E-state index contributed by atoms with van der Waals surface area (Å²) in [4.78, 5) is 26.1. The van der Waals surface area contributed by atoms with Crippen LogP contribution in [-0.4, -0.2) is 34.0 Å². The second kappa shape index (κ2) is 10.8. The molecule has 0 saturated heterocycles. The van der Waals surface area contributed by atoms with E-state index in [4.69, 9.17) is 26.9 Å². The third kappa shape index (κ3) is 5.02. The Balaban J connectivity index is 1.73. The first-order valence-electron chi connectivity index (χ1n) is 13.6. The average Bonchev–Trinajstić information content (AvgIpc) is 3.73. The van der Waals surface area contributed by atoms with Crippen molar-refractivity contribution in [2.45, 2.75) is 59.0 Å². The van der Waals surface area contributed by atoms with E-state index in [0.29, 0.717) is 34.0 Å². The van der Waals surface area contributed by atoms with Crippen LogP contribution in [0, 0.1) is 5.41 Å². The standard InChI is InChI=1S/C31H36N8O/c1-5-16(2)25-26-21(15-32)22(33)11-13-24(26)37-27(25)28(29(34)40)36-18(4)20-10-12-23(19-8-9-19)38-31(20)39-30-17(3)7-6-14-35-30/h6-7,10-15,19,30,32,35,37H,5,8-9,33H2,1-4H3,(H2,34,40)(H,38,39)/b25-16+,28-27+,32-15?,36-18?. The monoisotopic (exact) mass is 536 g/mol. The fraction of sp³-hybridized carbons (Fsp3) is 0.290. The van der Waals surface area contributed by atoms with Crippen molar-refractivity contribution in [2.75, 3.05) is 11.1 Å². The molecule has 1 aromatic carbocycles. The van der Waals surface area contributed by atoms with Crippen LogP contribution < -0.4 is 32.7 Å². The lowest BCUT2D eigenvalue weighted by Crippen LogP contribution is -2.36. The second-order valence-electron chi connectivity index (χ2n) is 10.5. The Morgan fingerprint density at radius 3 is 2.67 bits per heavy atom. The molecule has 5 rings (SSSR count). The number of hydrogen-bond acceptors (Lipinski definition) is 7. The summed E-state index contributed by atoms with van der Waals surface area (Å²) < 4.78 is 0. The minimum atomic E-state index is -0.657. The van der Waals surface area contributed by atoms with E-state index in [-0.39, 0.29) is 11.9 Å². The predicted molar refractivity (Wildman–Crippen MR) is 164 cm³/mol. The number of primary amides is 1. The molecule has 1 atom stereocenters. The summed E-state index contributed by atoms with van der Waals surface area (Å²) >= 11 is 0. The van der Waals surface area contributed by atoms with Gasteiger partial charge in [0.15, 0.2) is 5.70 Å². The van der Waals surface area contributed by atoms with Crippen molar-refractivity contribution in [2.24, 2.45) is 10.7 Å². The number of nitrogens with one attached hydrogen (secondary N) is 4. The van der Waals surface area contributed by atoms with Crippen LogP contribution in [-0.2, 0) is 4.79 Å². The van der Waals surface area contributed by atoms with Gasteiger partial charge in [0.05, 0.1) is 5.35 Å². The van der Waals surface area contributed by atoms with Crippen LogP contribution in [0.5, 0.6) is 0 Å². The van der Waals surface area contributed by atoms with E-state index in [1.54, 1.807) is 6.07 Å². The maximum Gasteiger partial charge on any atom is 0.269 e. The van der Waals surface area contributed by atoms with Gasteiger partial charge < -0.3 is 32.5 Å². The van der Waals surface area contributed by atoms with Crippen LogP contribution in [0.25, 0.3) is 22.2 Å². The molecular formula is C31H36N8O. The molecule has 2 aliphatic rings. The Labute approximate surface area is 233 Å². The molecule has 0 spiro atoms. The molecular weight excluding hydrogens is 500 g/mol. The number of dihydropyridines is 1. The van der Waals surface area contributed by atoms with Crippen molar-refractivity contribution < 1.29 is 4.79 Å². The van der Waals surface area contributed by atoms with Crippen molar-refractivity contribution in [1.29, 1.82) is 5.41 Å². The summed E-state index contributed by atoms with van der Waals surface area (Å²) in [6.45, 7) is 7.96. The molecule has 206 valence electrons. The number of carbonyl (C=O) groups excluding carboxylic acids is 1. The topological polar surface area (TPSA) is 158 Å². The Bertz CT molecular complexity index is 1740. The number of rotatable bonds is 8. The molecule has 9 heteroatoms. The van der Waals surface area contributed by atoms with Crippen molar-refractivity contribution >= 4 is 51.5 Å². The van der Waals surface area contributed by atoms with E-state index in [1.807, 2.05) is 51.2 Å². The van der Waals surface area contributed by atoms with Crippen molar-refractivity contribution in [3.05, 3.63) is 75.6 Å². The number of fused-ring (bicyclic) bond motifs is 1. The SMILES string of the molecule is CC/C(C)=c1/c(=C(\N=C(C)c2ccc(C3CC3)nc2NC2NC=CC=C2C)C(N)=O)[nH]c2ccc(N)c(C=N)c12. The molecule has 1 fully saturated rings. The largest absolute Gasteiger partial charge is 0.398 e. The van der Waals surface area contributed by atoms with Crippen LogP contribution in [0.1, 0.15) is 69.7 Å². The Morgan fingerprint density at radius 1 is 1.25 bits per heavy atom. The fourth-order valence-corrected chi connectivity index (χ4v) is 5.08. The number of aromatic amines is 1. The highest BCUT2D eigenvalue weighted by Crippen LogP contribution is 2.39. The fourth-order valence-electron chi connectivity index (χ4n) is 5.08. The van der Waals surface area contributed by atoms with Gasteiger partial charge in [-0.25, -0.2) is 9.98 Å². The lowest BCUT2D eigenvalue weighted by molar-refractivity contribution is -0.113. The molecule has 1 aliphatic heterocycles.